The number of rotatable bonds is 7. The van der Waals surface area contributed by atoms with Crippen molar-refractivity contribution >= 4 is 38.9 Å². The van der Waals surface area contributed by atoms with Crippen molar-refractivity contribution in [3.8, 4) is 50.2 Å². The van der Waals surface area contributed by atoms with Crippen LogP contribution in [0.25, 0.3) is 72.0 Å². The molecule has 0 amide bonds. The molecule has 292 valence electrons. The van der Waals surface area contributed by atoms with E-state index >= 15 is 0 Å². The van der Waals surface area contributed by atoms with Gasteiger partial charge in [0.15, 0.2) is 0 Å². The summed E-state index contributed by atoms with van der Waals surface area (Å²) >= 11 is 0. The highest BCUT2D eigenvalue weighted by molar-refractivity contribution is 6.10. The number of fused-ring (bicyclic) bond motifs is 6. The Kier molecular flexibility index (Phi) is 8.65. The second-order valence-electron chi connectivity index (χ2n) is 17.2. The molecule has 0 spiro atoms. The highest BCUT2D eigenvalue weighted by Gasteiger charge is 2.35. The molecule has 2 nitrogen and oxygen atoms in total. The number of hydrogen-bond donors (Lipinski definition) is 0. The Labute approximate surface area is 358 Å². The first-order valence-corrected chi connectivity index (χ1v) is 21.3. The molecular formula is C59H46N2. The molecule has 10 aromatic rings. The highest BCUT2D eigenvalue weighted by Crippen LogP contribution is 2.50. The minimum atomic E-state index is -0.0414. The second-order valence-corrected chi connectivity index (χ2v) is 17.2. The number of aromatic nitrogens is 1. The summed E-state index contributed by atoms with van der Waals surface area (Å²) in [6.45, 7) is 9.05. The van der Waals surface area contributed by atoms with E-state index in [9.17, 15) is 0 Å². The van der Waals surface area contributed by atoms with Gasteiger partial charge in [0.2, 0.25) is 0 Å². The average molecular weight is 783 g/mol. The molecule has 0 N–H and O–H groups in total. The fraction of sp³-hybridized carbons (Fsp3) is 0.0847. The molecule has 1 aliphatic carbocycles. The zero-order valence-electron chi connectivity index (χ0n) is 35.0. The third-order valence-corrected chi connectivity index (χ3v) is 12.9. The molecule has 61 heavy (non-hydrogen) atoms. The van der Waals surface area contributed by atoms with Crippen LogP contribution in [0.1, 0.15) is 36.1 Å². The van der Waals surface area contributed by atoms with Gasteiger partial charge in [-0.15, -0.1) is 0 Å². The Morgan fingerprint density at radius 3 is 1.49 bits per heavy atom. The van der Waals surface area contributed by atoms with Crippen molar-refractivity contribution in [2.75, 3.05) is 4.90 Å². The Balaban J connectivity index is 0.934. The van der Waals surface area contributed by atoms with E-state index < -0.39 is 0 Å². The molecule has 0 fully saturated rings. The fourth-order valence-electron chi connectivity index (χ4n) is 9.64. The lowest BCUT2D eigenvalue weighted by Gasteiger charge is -2.26. The molecular weight excluding hydrogens is 737 g/mol. The molecule has 0 bridgehead atoms. The topological polar surface area (TPSA) is 8.17 Å². The SMILES string of the molecule is Cc1ccc(N(c2ccc(-c3ccc4c(c3)C(C)(C)c3cc(C)ccc3-4)cc2)c2ccc(-c3ccc4c5ccccc5n(-c5ccc(-c6ccccc6)cc5)c4c3)cc2)cc1. The van der Waals surface area contributed by atoms with E-state index in [0.717, 1.165) is 22.7 Å². The molecule has 1 aromatic heterocycles. The second kappa shape index (κ2) is 14.4. The lowest BCUT2D eigenvalue weighted by molar-refractivity contribution is 0.660. The van der Waals surface area contributed by atoms with Crippen LogP contribution in [0.5, 0.6) is 0 Å². The number of para-hydroxylation sites is 1. The smallest absolute Gasteiger partial charge is 0.0547 e. The van der Waals surface area contributed by atoms with Gasteiger partial charge in [-0.05, 0) is 136 Å². The van der Waals surface area contributed by atoms with Gasteiger partial charge in [0.1, 0.15) is 0 Å². The molecule has 0 aliphatic heterocycles. The lowest BCUT2D eigenvalue weighted by atomic mass is 9.81. The number of hydrogen-bond acceptors (Lipinski definition) is 1. The van der Waals surface area contributed by atoms with Crippen molar-refractivity contribution in [2.24, 2.45) is 0 Å². The lowest BCUT2D eigenvalue weighted by Crippen LogP contribution is -2.15. The van der Waals surface area contributed by atoms with E-state index in [0.29, 0.717) is 0 Å². The van der Waals surface area contributed by atoms with Crippen LogP contribution in [-0.2, 0) is 5.41 Å². The first kappa shape index (κ1) is 36.6. The third kappa shape index (κ3) is 6.26. The summed E-state index contributed by atoms with van der Waals surface area (Å²) in [6, 6.07) is 76.0. The third-order valence-electron chi connectivity index (χ3n) is 12.9. The summed E-state index contributed by atoms with van der Waals surface area (Å²) in [5, 5.41) is 2.51. The van der Waals surface area contributed by atoms with E-state index in [2.05, 4.69) is 243 Å². The van der Waals surface area contributed by atoms with Crippen LogP contribution in [0, 0.1) is 13.8 Å². The van der Waals surface area contributed by atoms with E-state index in [4.69, 9.17) is 0 Å². The molecule has 2 heteroatoms. The van der Waals surface area contributed by atoms with Crippen LogP contribution in [0.15, 0.2) is 206 Å². The molecule has 0 radical (unpaired) electrons. The van der Waals surface area contributed by atoms with Crippen LogP contribution in [0.3, 0.4) is 0 Å². The fourth-order valence-corrected chi connectivity index (χ4v) is 9.64. The van der Waals surface area contributed by atoms with Crippen molar-refractivity contribution in [1.82, 2.24) is 4.57 Å². The van der Waals surface area contributed by atoms with E-state index in [1.54, 1.807) is 0 Å². The van der Waals surface area contributed by atoms with Crippen molar-refractivity contribution in [3.63, 3.8) is 0 Å². The zero-order valence-corrected chi connectivity index (χ0v) is 35.0. The molecule has 0 unspecified atom stereocenters. The summed E-state index contributed by atoms with van der Waals surface area (Å²) in [4.78, 5) is 2.36. The van der Waals surface area contributed by atoms with Crippen LogP contribution >= 0.6 is 0 Å². The van der Waals surface area contributed by atoms with Gasteiger partial charge in [0.25, 0.3) is 0 Å². The predicted octanol–water partition coefficient (Wildman–Crippen LogP) is 16.2. The molecule has 0 saturated heterocycles. The average Bonchev–Trinajstić information content (AvgIpc) is 3.75. The van der Waals surface area contributed by atoms with Crippen molar-refractivity contribution in [1.29, 1.82) is 0 Å². The number of benzene rings is 9. The molecule has 1 heterocycles. The predicted molar refractivity (Wildman–Crippen MR) is 259 cm³/mol. The van der Waals surface area contributed by atoms with Gasteiger partial charge in [-0.2, -0.15) is 0 Å². The van der Waals surface area contributed by atoms with Gasteiger partial charge in [0.05, 0.1) is 11.0 Å². The molecule has 9 aromatic carbocycles. The highest BCUT2D eigenvalue weighted by atomic mass is 15.1. The number of nitrogens with zero attached hydrogens (tertiary/aromatic N) is 2. The van der Waals surface area contributed by atoms with Crippen molar-refractivity contribution < 1.29 is 0 Å². The first-order valence-electron chi connectivity index (χ1n) is 21.3. The van der Waals surface area contributed by atoms with Crippen molar-refractivity contribution in [3.05, 3.63) is 229 Å². The summed E-state index contributed by atoms with van der Waals surface area (Å²) in [5.74, 6) is 0. The van der Waals surface area contributed by atoms with Crippen LogP contribution < -0.4 is 4.90 Å². The Bertz CT molecular complexity index is 3240. The van der Waals surface area contributed by atoms with Crippen molar-refractivity contribution in [2.45, 2.75) is 33.1 Å². The molecule has 0 atom stereocenters. The molecule has 11 rings (SSSR count). The van der Waals surface area contributed by atoms with Gasteiger partial charge in [-0.25, -0.2) is 0 Å². The molecule has 1 aliphatic rings. The number of aryl methyl sites for hydroxylation is 2. The minimum absolute atomic E-state index is 0.0414. The van der Waals surface area contributed by atoms with Crippen LogP contribution in [0.2, 0.25) is 0 Å². The Hall–Kier alpha value is -7.42. The van der Waals surface area contributed by atoms with E-state index in [-0.39, 0.29) is 5.41 Å². The zero-order chi connectivity index (χ0) is 41.2. The minimum Gasteiger partial charge on any atom is -0.311 e. The monoisotopic (exact) mass is 782 g/mol. The Morgan fingerprint density at radius 1 is 0.361 bits per heavy atom. The summed E-state index contributed by atoms with van der Waals surface area (Å²) in [6.07, 6.45) is 0. The standard InChI is InChI=1S/C59H46N2/c1-39-14-25-47(26-15-39)60(48-27-19-43(20-28-48)45-23-34-52-51-33-16-40(2)36-55(51)59(3,4)56(52)37-45)49-29-21-44(22-30-49)46-24-35-54-53-12-8-9-13-57(53)61(58(54)38-46)50-31-17-42(18-32-50)41-10-6-5-7-11-41/h5-38H,1-4H3. The van der Waals surface area contributed by atoms with Gasteiger partial charge in [-0.1, -0.05) is 165 Å². The normalized spacial score (nSPS) is 12.7. The first-order chi connectivity index (χ1) is 29.8. The summed E-state index contributed by atoms with van der Waals surface area (Å²) in [7, 11) is 0. The van der Waals surface area contributed by atoms with Crippen LogP contribution in [-0.4, -0.2) is 4.57 Å². The maximum absolute atomic E-state index is 2.41. The van der Waals surface area contributed by atoms with E-state index in [1.807, 2.05) is 0 Å². The largest absolute Gasteiger partial charge is 0.311 e. The van der Waals surface area contributed by atoms with Gasteiger partial charge in [0, 0.05) is 38.9 Å². The maximum Gasteiger partial charge on any atom is 0.0547 e. The Morgan fingerprint density at radius 2 is 0.820 bits per heavy atom. The van der Waals surface area contributed by atoms with Gasteiger partial charge >= 0.3 is 0 Å². The number of anilines is 3. The van der Waals surface area contributed by atoms with Gasteiger partial charge < -0.3 is 9.47 Å². The molecule has 0 saturated carbocycles. The van der Waals surface area contributed by atoms with Crippen LogP contribution in [0.4, 0.5) is 17.1 Å². The van der Waals surface area contributed by atoms with E-state index in [1.165, 1.54) is 88.6 Å². The quantitative estimate of drug-likeness (QED) is 0.156. The summed E-state index contributed by atoms with van der Waals surface area (Å²) < 4.78 is 2.41. The summed E-state index contributed by atoms with van der Waals surface area (Å²) in [5.41, 5.74) is 22.2. The van der Waals surface area contributed by atoms with Gasteiger partial charge in [-0.3, -0.25) is 0 Å². The maximum atomic E-state index is 2.41.